The molecule has 0 atom stereocenters. The Balaban J connectivity index is 1.66. The highest BCUT2D eigenvalue weighted by molar-refractivity contribution is 6.36. The third-order valence-corrected chi connectivity index (χ3v) is 5.14. The molecule has 1 amide bonds. The number of nitrogens with one attached hydrogen (secondary N) is 1. The average molecular weight is 439 g/mol. The number of pyridine rings is 1. The first-order valence-corrected chi connectivity index (χ1v) is 9.89. The van der Waals surface area contributed by atoms with E-state index in [1.165, 1.54) is 10.7 Å². The minimum atomic E-state index is -0.354. The number of benzene rings is 2. The number of carbonyl (C=O) groups excluding carboxylic acids is 1. The van der Waals surface area contributed by atoms with Gasteiger partial charge in [-0.05, 0) is 35.9 Å². The van der Waals surface area contributed by atoms with Crippen molar-refractivity contribution in [1.82, 2.24) is 20.1 Å². The Kier molecular flexibility index (Phi) is 5.79. The molecule has 0 fully saturated rings. The normalized spacial score (nSPS) is 10.9. The van der Waals surface area contributed by atoms with Gasteiger partial charge in [0, 0.05) is 22.8 Å². The SMILES string of the molecule is O=C(NCc1nn(Cc2cccnc2)c(=O)c2ccccc12)c1ccc(Cl)cc1Cl. The van der Waals surface area contributed by atoms with Gasteiger partial charge in [0.2, 0.25) is 0 Å². The summed E-state index contributed by atoms with van der Waals surface area (Å²) in [5.41, 5.74) is 1.54. The third-order valence-electron chi connectivity index (χ3n) is 4.59. The first-order chi connectivity index (χ1) is 14.5. The molecule has 150 valence electrons. The largest absolute Gasteiger partial charge is 0.346 e. The van der Waals surface area contributed by atoms with E-state index in [9.17, 15) is 9.59 Å². The molecule has 4 rings (SSSR count). The molecule has 2 aromatic heterocycles. The zero-order valence-corrected chi connectivity index (χ0v) is 17.2. The number of fused-ring (bicyclic) bond motifs is 1. The number of nitrogens with zero attached hydrogens (tertiary/aromatic N) is 3. The number of amides is 1. The van der Waals surface area contributed by atoms with Gasteiger partial charge in [-0.2, -0.15) is 5.10 Å². The summed E-state index contributed by atoms with van der Waals surface area (Å²) < 4.78 is 1.39. The quantitative estimate of drug-likeness (QED) is 0.509. The molecule has 0 unspecified atom stereocenters. The summed E-state index contributed by atoms with van der Waals surface area (Å²) in [5.74, 6) is -0.354. The highest BCUT2D eigenvalue weighted by Crippen LogP contribution is 2.21. The Morgan fingerprint density at radius 3 is 2.57 bits per heavy atom. The lowest BCUT2D eigenvalue weighted by Gasteiger charge is -2.12. The van der Waals surface area contributed by atoms with E-state index in [1.54, 1.807) is 42.7 Å². The summed E-state index contributed by atoms with van der Waals surface area (Å²) in [5, 5.41) is 9.26. The lowest BCUT2D eigenvalue weighted by molar-refractivity contribution is 0.0950. The van der Waals surface area contributed by atoms with Gasteiger partial charge in [0.1, 0.15) is 0 Å². The molecule has 2 heterocycles. The fourth-order valence-electron chi connectivity index (χ4n) is 3.14. The number of halogens is 2. The van der Waals surface area contributed by atoms with Crippen LogP contribution in [0.5, 0.6) is 0 Å². The van der Waals surface area contributed by atoms with E-state index in [0.29, 0.717) is 27.1 Å². The van der Waals surface area contributed by atoms with Crippen molar-refractivity contribution >= 4 is 39.9 Å². The summed E-state index contributed by atoms with van der Waals surface area (Å²) in [6, 6.07) is 15.6. The summed E-state index contributed by atoms with van der Waals surface area (Å²) in [6.45, 7) is 0.410. The zero-order chi connectivity index (χ0) is 21.1. The van der Waals surface area contributed by atoms with Crippen molar-refractivity contribution in [2.45, 2.75) is 13.1 Å². The van der Waals surface area contributed by atoms with Crippen LogP contribution in [0.1, 0.15) is 21.6 Å². The highest BCUT2D eigenvalue weighted by Gasteiger charge is 2.14. The standard InChI is InChI=1S/C22H16Cl2N4O2/c23-15-7-8-18(19(24)10-15)21(29)26-12-20-16-5-1-2-6-17(16)22(30)28(27-20)13-14-4-3-9-25-11-14/h1-11H,12-13H2,(H,26,29). The smallest absolute Gasteiger partial charge is 0.274 e. The number of hydrogen-bond donors (Lipinski definition) is 1. The molecule has 30 heavy (non-hydrogen) atoms. The van der Waals surface area contributed by atoms with Crippen LogP contribution in [0, 0.1) is 0 Å². The van der Waals surface area contributed by atoms with Crippen molar-refractivity contribution in [2.24, 2.45) is 0 Å². The summed E-state index contributed by atoms with van der Waals surface area (Å²) in [7, 11) is 0. The second kappa shape index (κ2) is 8.65. The third kappa shape index (κ3) is 4.20. The van der Waals surface area contributed by atoms with Crippen LogP contribution in [0.3, 0.4) is 0 Å². The van der Waals surface area contributed by atoms with Gasteiger partial charge in [0.05, 0.1) is 34.8 Å². The monoisotopic (exact) mass is 438 g/mol. The summed E-state index contributed by atoms with van der Waals surface area (Å²) in [6.07, 6.45) is 3.36. The van der Waals surface area contributed by atoms with Gasteiger partial charge in [-0.15, -0.1) is 0 Å². The zero-order valence-electron chi connectivity index (χ0n) is 15.7. The second-order valence-electron chi connectivity index (χ2n) is 6.62. The molecule has 6 nitrogen and oxygen atoms in total. The van der Waals surface area contributed by atoms with Gasteiger partial charge in [0.15, 0.2) is 0 Å². The van der Waals surface area contributed by atoms with E-state index >= 15 is 0 Å². The molecule has 0 radical (unpaired) electrons. The van der Waals surface area contributed by atoms with Crippen LogP contribution in [0.2, 0.25) is 10.0 Å². The van der Waals surface area contributed by atoms with E-state index in [-0.39, 0.29) is 29.6 Å². The van der Waals surface area contributed by atoms with Gasteiger partial charge in [0.25, 0.3) is 11.5 Å². The predicted octanol–water partition coefficient (Wildman–Crippen LogP) is 4.08. The first kappa shape index (κ1) is 20.1. The Hall–Kier alpha value is -3.22. The molecular formula is C22H16Cl2N4O2. The average Bonchev–Trinajstić information content (AvgIpc) is 2.75. The van der Waals surface area contributed by atoms with E-state index < -0.39 is 0 Å². The Labute approximate surface area is 182 Å². The molecule has 0 spiro atoms. The molecule has 2 aromatic carbocycles. The maximum atomic E-state index is 12.9. The second-order valence-corrected chi connectivity index (χ2v) is 7.47. The summed E-state index contributed by atoms with van der Waals surface area (Å²) >= 11 is 12.0. The number of aromatic nitrogens is 3. The molecule has 0 aliphatic rings. The van der Waals surface area contributed by atoms with Crippen LogP contribution in [0.4, 0.5) is 0 Å². The van der Waals surface area contributed by atoms with Crippen LogP contribution >= 0.6 is 23.2 Å². The number of hydrogen-bond acceptors (Lipinski definition) is 4. The van der Waals surface area contributed by atoms with Crippen LogP contribution in [-0.2, 0) is 13.1 Å². The first-order valence-electron chi connectivity index (χ1n) is 9.14. The van der Waals surface area contributed by atoms with Gasteiger partial charge in [-0.25, -0.2) is 4.68 Å². The predicted molar refractivity (Wildman–Crippen MR) is 117 cm³/mol. The Morgan fingerprint density at radius 2 is 1.83 bits per heavy atom. The van der Waals surface area contributed by atoms with E-state index in [2.05, 4.69) is 15.4 Å². The van der Waals surface area contributed by atoms with Crippen molar-refractivity contribution in [2.75, 3.05) is 0 Å². The summed E-state index contributed by atoms with van der Waals surface area (Å²) in [4.78, 5) is 29.6. The molecule has 1 N–H and O–H groups in total. The van der Waals surface area contributed by atoms with Crippen molar-refractivity contribution < 1.29 is 4.79 Å². The lowest BCUT2D eigenvalue weighted by atomic mass is 10.1. The van der Waals surface area contributed by atoms with Crippen molar-refractivity contribution in [1.29, 1.82) is 0 Å². The lowest BCUT2D eigenvalue weighted by Crippen LogP contribution is -2.29. The maximum absolute atomic E-state index is 12.9. The topological polar surface area (TPSA) is 76.9 Å². The number of carbonyl (C=O) groups is 1. The van der Waals surface area contributed by atoms with E-state index in [0.717, 1.165) is 5.56 Å². The van der Waals surface area contributed by atoms with Crippen LogP contribution in [-0.4, -0.2) is 20.7 Å². The van der Waals surface area contributed by atoms with Crippen molar-refractivity contribution in [3.05, 3.63) is 104 Å². The molecular weight excluding hydrogens is 423 g/mol. The van der Waals surface area contributed by atoms with Gasteiger partial charge in [-0.3, -0.25) is 14.6 Å². The van der Waals surface area contributed by atoms with Crippen LogP contribution < -0.4 is 10.9 Å². The van der Waals surface area contributed by atoms with Crippen LogP contribution in [0.25, 0.3) is 10.8 Å². The van der Waals surface area contributed by atoms with Crippen molar-refractivity contribution in [3.8, 4) is 0 Å². The molecule has 8 heteroatoms. The van der Waals surface area contributed by atoms with E-state index in [1.807, 2.05) is 18.2 Å². The van der Waals surface area contributed by atoms with Gasteiger partial charge < -0.3 is 5.32 Å². The maximum Gasteiger partial charge on any atom is 0.274 e. The molecule has 0 bridgehead atoms. The van der Waals surface area contributed by atoms with E-state index in [4.69, 9.17) is 23.2 Å². The number of rotatable bonds is 5. The molecule has 0 aliphatic heterocycles. The molecule has 0 aliphatic carbocycles. The van der Waals surface area contributed by atoms with Crippen molar-refractivity contribution in [3.63, 3.8) is 0 Å². The fraction of sp³-hybridized carbons (Fsp3) is 0.0909. The van der Waals surface area contributed by atoms with Gasteiger partial charge in [-0.1, -0.05) is 47.5 Å². The fourth-order valence-corrected chi connectivity index (χ4v) is 3.63. The molecule has 0 saturated carbocycles. The highest BCUT2D eigenvalue weighted by atomic mass is 35.5. The molecule has 4 aromatic rings. The van der Waals surface area contributed by atoms with Crippen LogP contribution in [0.15, 0.2) is 71.8 Å². The Bertz CT molecular complexity index is 1290. The Morgan fingerprint density at radius 1 is 1.03 bits per heavy atom. The molecule has 0 saturated heterocycles. The minimum absolute atomic E-state index is 0.131. The van der Waals surface area contributed by atoms with Gasteiger partial charge >= 0.3 is 0 Å². The minimum Gasteiger partial charge on any atom is -0.346 e.